The zero-order chi connectivity index (χ0) is 15.6. The molecule has 0 N–H and O–H groups in total. The maximum Gasteiger partial charge on any atom is 0.213 e. The van der Waals surface area contributed by atoms with Crippen LogP contribution in [-0.4, -0.2) is 9.13 Å². The summed E-state index contributed by atoms with van der Waals surface area (Å²) in [6, 6.07) is 12.0. The predicted molar refractivity (Wildman–Crippen MR) is 98.6 cm³/mol. The normalized spacial score (nSPS) is 11.8. The zero-order valence-corrected chi connectivity index (χ0v) is 15.2. The summed E-state index contributed by atoms with van der Waals surface area (Å²) in [5.74, 6) is 0. The molecule has 0 bridgehead atoms. The lowest BCUT2D eigenvalue weighted by molar-refractivity contribution is 0.979. The Morgan fingerprint density at radius 2 is 1.27 bits per heavy atom. The van der Waals surface area contributed by atoms with E-state index >= 15 is 0 Å². The van der Waals surface area contributed by atoms with Crippen molar-refractivity contribution >= 4 is 64.7 Å². The molecule has 0 aliphatic carbocycles. The number of halogens is 2. The van der Waals surface area contributed by atoms with Crippen molar-refractivity contribution in [2.45, 2.75) is 0 Å². The first-order valence-electron chi connectivity index (χ1n) is 6.85. The van der Waals surface area contributed by atoms with E-state index in [1.54, 1.807) is 0 Å². The first kappa shape index (κ1) is 14.0. The Kier molecular flexibility index (Phi) is 3.00. The van der Waals surface area contributed by atoms with E-state index in [9.17, 15) is 4.79 Å². The molecule has 22 heavy (non-hydrogen) atoms. The molecule has 4 aromatic rings. The molecule has 0 saturated carbocycles. The molecule has 0 aliphatic heterocycles. The molecule has 0 spiro atoms. The number of nitrogens with zero attached hydrogens (tertiary/aromatic N) is 2. The first-order valence-corrected chi connectivity index (χ1v) is 8.43. The van der Waals surface area contributed by atoms with Crippen molar-refractivity contribution in [2.24, 2.45) is 14.1 Å². The molecular formula is C17H12Br2N2O. The minimum Gasteiger partial charge on any atom is -0.342 e. The van der Waals surface area contributed by atoms with Crippen LogP contribution in [0.2, 0.25) is 0 Å². The number of rotatable bonds is 0. The van der Waals surface area contributed by atoms with Gasteiger partial charge in [0, 0.05) is 33.8 Å². The van der Waals surface area contributed by atoms with Crippen molar-refractivity contribution in [3.05, 3.63) is 55.6 Å². The fourth-order valence-electron chi connectivity index (χ4n) is 3.23. The molecule has 2 aromatic heterocycles. The molecule has 0 amide bonds. The number of aromatic nitrogens is 2. The lowest BCUT2D eigenvalue weighted by atomic mass is 10.1. The van der Waals surface area contributed by atoms with Gasteiger partial charge in [0.25, 0.3) is 0 Å². The molecule has 0 aliphatic rings. The van der Waals surface area contributed by atoms with Crippen LogP contribution >= 0.6 is 31.9 Å². The van der Waals surface area contributed by atoms with E-state index in [-0.39, 0.29) is 5.43 Å². The monoisotopic (exact) mass is 418 g/mol. The Morgan fingerprint density at radius 3 is 1.91 bits per heavy atom. The average molecular weight is 420 g/mol. The van der Waals surface area contributed by atoms with Crippen molar-refractivity contribution in [1.82, 2.24) is 9.13 Å². The second-order valence-corrected chi connectivity index (χ2v) is 7.30. The molecule has 2 heterocycles. The summed E-state index contributed by atoms with van der Waals surface area (Å²) in [6.07, 6.45) is 0. The van der Waals surface area contributed by atoms with Crippen molar-refractivity contribution in [2.75, 3.05) is 0 Å². The van der Waals surface area contributed by atoms with Gasteiger partial charge in [-0.3, -0.25) is 4.79 Å². The van der Waals surface area contributed by atoms with Gasteiger partial charge in [0.2, 0.25) is 5.43 Å². The molecule has 110 valence electrons. The van der Waals surface area contributed by atoms with Gasteiger partial charge in [-0.05, 0) is 36.4 Å². The van der Waals surface area contributed by atoms with Crippen LogP contribution in [0.1, 0.15) is 0 Å². The Labute approximate surface area is 143 Å². The largest absolute Gasteiger partial charge is 0.342 e. The smallest absolute Gasteiger partial charge is 0.213 e. The summed E-state index contributed by atoms with van der Waals surface area (Å²) in [5, 5.41) is 1.81. The summed E-state index contributed by atoms with van der Waals surface area (Å²) in [6.45, 7) is 0. The SMILES string of the molecule is Cn1c2ccc(Br)cc2c2c1c(=O)c1cc(Br)ccc1n2C. The summed E-state index contributed by atoms with van der Waals surface area (Å²) >= 11 is 6.98. The predicted octanol–water partition coefficient (Wildman–Crippen LogP) is 4.71. The van der Waals surface area contributed by atoms with E-state index in [0.29, 0.717) is 0 Å². The highest BCUT2D eigenvalue weighted by atomic mass is 79.9. The third-order valence-corrected chi connectivity index (χ3v) is 5.24. The van der Waals surface area contributed by atoms with E-state index in [4.69, 9.17) is 0 Å². The molecule has 5 heteroatoms. The topological polar surface area (TPSA) is 26.9 Å². The highest BCUT2D eigenvalue weighted by molar-refractivity contribution is 9.10. The Bertz CT molecular complexity index is 1140. The van der Waals surface area contributed by atoms with Gasteiger partial charge in [0.1, 0.15) is 5.52 Å². The minimum absolute atomic E-state index is 0.0687. The van der Waals surface area contributed by atoms with Crippen molar-refractivity contribution in [3.63, 3.8) is 0 Å². The summed E-state index contributed by atoms with van der Waals surface area (Å²) in [7, 11) is 3.96. The lowest BCUT2D eigenvalue weighted by Gasteiger charge is -2.09. The van der Waals surface area contributed by atoms with Gasteiger partial charge in [-0.25, -0.2) is 0 Å². The molecule has 0 unspecified atom stereocenters. The van der Waals surface area contributed by atoms with E-state index in [1.807, 2.05) is 49.0 Å². The van der Waals surface area contributed by atoms with Gasteiger partial charge in [-0.2, -0.15) is 0 Å². The Balaban J connectivity index is 2.41. The molecule has 0 atom stereocenters. The van der Waals surface area contributed by atoms with Crippen LogP contribution < -0.4 is 5.43 Å². The van der Waals surface area contributed by atoms with Crippen LogP contribution in [0.3, 0.4) is 0 Å². The van der Waals surface area contributed by atoms with E-state index in [2.05, 4.69) is 42.5 Å². The molecule has 0 saturated heterocycles. The van der Waals surface area contributed by atoms with E-state index in [0.717, 1.165) is 41.8 Å². The highest BCUT2D eigenvalue weighted by Crippen LogP contribution is 2.31. The van der Waals surface area contributed by atoms with Crippen molar-refractivity contribution in [3.8, 4) is 0 Å². The standard InChI is InChI=1S/C17H12Br2N2O/c1-20-14-6-4-10(19)8-12(14)17(22)16-15(20)11-7-9(18)3-5-13(11)21(16)2/h3-8H,1-2H3. The fraction of sp³-hybridized carbons (Fsp3) is 0.118. The van der Waals surface area contributed by atoms with Gasteiger partial charge >= 0.3 is 0 Å². The van der Waals surface area contributed by atoms with Crippen molar-refractivity contribution in [1.29, 1.82) is 0 Å². The average Bonchev–Trinajstić information content (AvgIpc) is 2.77. The molecule has 0 fully saturated rings. The number of hydrogen-bond acceptors (Lipinski definition) is 1. The molecule has 2 aromatic carbocycles. The van der Waals surface area contributed by atoms with E-state index in [1.165, 1.54) is 0 Å². The number of benzene rings is 2. The van der Waals surface area contributed by atoms with Gasteiger partial charge in [0.05, 0.1) is 16.6 Å². The second-order valence-electron chi connectivity index (χ2n) is 5.47. The van der Waals surface area contributed by atoms with Crippen LogP contribution in [-0.2, 0) is 14.1 Å². The van der Waals surface area contributed by atoms with Gasteiger partial charge in [-0.1, -0.05) is 31.9 Å². The summed E-state index contributed by atoms with van der Waals surface area (Å²) in [5.41, 5.74) is 3.77. The number of hydrogen-bond donors (Lipinski definition) is 0. The second kappa shape index (κ2) is 4.70. The number of fused-ring (bicyclic) bond motifs is 4. The van der Waals surface area contributed by atoms with E-state index < -0.39 is 0 Å². The van der Waals surface area contributed by atoms with Crippen LogP contribution in [0.5, 0.6) is 0 Å². The molecule has 0 radical (unpaired) electrons. The summed E-state index contributed by atoms with van der Waals surface area (Å²) in [4.78, 5) is 13.0. The zero-order valence-electron chi connectivity index (χ0n) is 12.0. The van der Waals surface area contributed by atoms with Crippen molar-refractivity contribution < 1.29 is 0 Å². The van der Waals surface area contributed by atoms with Gasteiger partial charge < -0.3 is 9.13 Å². The quantitative estimate of drug-likeness (QED) is 0.405. The number of aryl methyl sites for hydroxylation is 2. The van der Waals surface area contributed by atoms with Crippen LogP contribution in [0, 0.1) is 0 Å². The Hall–Kier alpha value is -1.59. The number of pyridine rings is 1. The summed E-state index contributed by atoms with van der Waals surface area (Å²) < 4.78 is 6.02. The molecular weight excluding hydrogens is 408 g/mol. The molecule has 3 nitrogen and oxygen atoms in total. The van der Waals surface area contributed by atoms with Crippen LogP contribution in [0.4, 0.5) is 0 Å². The van der Waals surface area contributed by atoms with Gasteiger partial charge in [0.15, 0.2) is 0 Å². The maximum absolute atomic E-state index is 13.0. The van der Waals surface area contributed by atoms with Gasteiger partial charge in [-0.15, -0.1) is 0 Å². The molecule has 4 rings (SSSR count). The van der Waals surface area contributed by atoms with Crippen LogP contribution in [0.25, 0.3) is 32.8 Å². The lowest BCUT2D eigenvalue weighted by Crippen LogP contribution is -2.11. The van der Waals surface area contributed by atoms with Crippen LogP contribution in [0.15, 0.2) is 50.1 Å². The Morgan fingerprint density at radius 1 is 0.773 bits per heavy atom. The third-order valence-electron chi connectivity index (χ3n) is 4.25. The highest BCUT2D eigenvalue weighted by Gasteiger charge is 2.17. The first-order chi connectivity index (χ1) is 10.5. The fourth-order valence-corrected chi connectivity index (χ4v) is 3.95. The maximum atomic E-state index is 13.0. The minimum atomic E-state index is 0.0687. The third kappa shape index (κ3) is 1.75.